The molecule has 0 aliphatic carbocycles. The number of aromatic hydroxyl groups is 1. The lowest BCUT2D eigenvalue weighted by Crippen LogP contribution is -1.93. The summed E-state index contributed by atoms with van der Waals surface area (Å²) in [7, 11) is 1.58. The van der Waals surface area contributed by atoms with Crippen LogP contribution in [0.1, 0.15) is 24.1 Å². The van der Waals surface area contributed by atoms with E-state index in [1.54, 1.807) is 7.11 Å². The van der Waals surface area contributed by atoms with Crippen molar-refractivity contribution in [3.8, 4) is 11.5 Å². The molecule has 0 radical (unpaired) electrons. The first kappa shape index (κ1) is 9.34. The molecule has 76 valence electrons. The molecule has 0 spiro atoms. The molecule has 0 amide bonds. The minimum Gasteiger partial charge on any atom is -0.504 e. The number of benzene rings is 1. The largest absolute Gasteiger partial charge is 0.504 e. The summed E-state index contributed by atoms with van der Waals surface area (Å²) in [5, 5.41) is 13.0. The Morgan fingerprint density at radius 1 is 1.57 bits per heavy atom. The molecule has 1 saturated heterocycles. The molecule has 1 atom stereocenters. The first-order valence-electron chi connectivity index (χ1n) is 4.89. The van der Waals surface area contributed by atoms with Crippen molar-refractivity contribution in [1.82, 2.24) is 5.32 Å². The summed E-state index contributed by atoms with van der Waals surface area (Å²) >= 11 is 0. The first-order valence-corrected chi connectivity index (χ1v) is 4.89. The average Bonchev–Trinajstić information content (AvgIpc) is 3.02. The highest BCUT2D eigenvalue weighted by molar-refractivity contribution is 5.51. The molecule has 3 nitrogen and oxygen atoms in total. The number of phenolic OH excluding ortho intramolecular Hbond substituents is 1. The molecule has 2 rings (SSSR count). The van der Waals surface area contributed by atoms with Gasteiger partial charge in [0.2, 0.25) is 0 Å². The molecule has 1 fully saturated rings. The smallest absolute Gasteiger partial charge is 0.162 e. The third-order valence-electron chi connectivity index (χ3n) is 2.58. The van der Waals surface area contributed by atoms with Crippen LogP contribution in [0.5, 0.6) is 11.5 Å². The molecule has 1 heterocycles. The molecule has 1 aliphatic rings. The van der Waals surface area contributed by atoms with E-state index in [4.69, 9.17) is 4.74 Å². The molecule has 2 N–H and O–H groups in total. The summed E-state index contributed by atoms with van der Waals surface area (Å²) in [4.78, 5) is 0. The van der Waals surface area contributed by atoms with Gasteiger partial charge in [0.25, 0.3) is 0 Å². The predicted molar refractivity (Wildman–Crippen MR) is 54.8 cm³/mol. The Bertz CT molecular complexity index is 345. The van der Waals surface area contributed by atoms with Gasteiger partial charge in [0, 0.05) is 18.2 Å². The Balaban J connectivity index is 2.45. The SMILES string of the molecule is CCc1cc(OC)c(O)c([C@H]2CN2)c1. The minimum absolute atomic E-state index is 0.278. The van der Waals surface area contributed by atoms with Crippen molar-refractivity contribution >= 4 is 0 Å². The van der Waals surface area contributed by atoms with Crippen molar-refractivity contribution in [2.75, 3.05) is 13.7 Å². The second-order valence-corrected chi connectivity index (χ2v) is 3.55. The van der Waals surface area contributed by atoms with Gasteiger partial charge in [-0.25, -0.2) is 0 Å². The monoisotopic (exact) mass is 193 g/mol. The van der Waals surface area contributed by atoms with Gasteiger partial charge in [0.1, 0.15) is 0 Å². The summed E-state index contributed by atoms with van der Waals surface area (Å²) in [6, 6.07) is 4.25. The van der Waals surface area contributed by atoms with E-state index in [-0.39, 0.29) is 5.75 Å². The number of phenols is 1. The molecule has 0 bridgehead atoms. The highest BCUT2D eigenvalue weighted by Crippen LogP contribution is 2.38. The van der Waals surface area contributed by atoms with Gasteiger partial charge in [0.05, 0.1) is 7.11 Å². The number of ether oxygens (including phenoxy) is 1. The third-order valence-corrected chi connectivity index (χ3v) is 2.58. The maximum absolute atomic E-state index is 9.85. The minimum atomic E-state index is 0.278. The molecule has 0 saturated carbocycles. The van der Waals surface area contributed by atoms with Crippen LogP contribution in [0.15, 0.2) is 12.1 Å². The lowest BCUT2D eigenvalue weighted by atomic mass is 10.0. The molecule has 1 aromatic carbocycles. The van der Waals surface area contributed by atoms with Crippen LogP contribution in [0, 0.1) is 0 Å². The normalized spacial score (nSPS) is 19.4. The molecular formula is C11H15NO2. The van der Waals surface area contributed by atoms with Crippen LogP contribution in [0.3, 0.4) is 0 Å². The van der Waals surface area contributed by atoms with E-state index < -0.39 is 0 Å². The van der Waals surface area contributed by atoms with Gasteiger partial charge in [-0.05, 0) is 18.1 Å². The van der Waals surface area contributed by atoms with Crippen molar-refractivity contribution in [2.45, 2.75) is 19.4 Å². The number of aryl methyl sites for hydroxylation is 1. The van der Waals surface area contributed by atoms with Gasteiger partial charge in [0.15, 0.2) is 11.5 Å². The number of methoxy groups -OCH3 is 1. The van der Waals surface area contributed by atoms with Crippen LogP contribution < -0.4 is 10.1 Å². The number of hydrogen-bond donors (Lipinski definition) is 2. The fourth-order valence-electron chi connectivity index (χ4n) is 1.59. The molecule has 0 aromatic heterocycles. The summed E-state index contributed by atoms with van der Waals surface area (Å²) < 4.78 is 5.13. The highest BCUT2D eigenvalue weighted by Gasteiger charge is 2.27. The molecule has 14 heavy (non-hydrogen) atoms. The molecule has 3 heteroatoms. The maximum Gasteiger partial charge on any atom is 0.162 e. The van der Waals surface area contributed by atoms with Crippen LogP contribution in [-0.2, 0) is 6.42 Å². The highest BCUT2D eigenvalue weighted by atomic mass is 16.5. The van der Waals surface area contributed by atoms with Crippen molar-refractivity contribution < 1.29 is 9.84 Å². The van der Waals surface area contributed by atoms with Crippen LogP contribution in [0.2, 0.25) is 0 Å². The van der Waals surface area contributed by atoms with E-state index in [0.717, 1.165) is 18.5 Å². The van der Waals surface area contributed by atoms with Gasteiger partial charge in [-0.1, -0.05) is 13.0 Å². The Kier molecular flexibility index (Phi) is 2.33. The zero-order valence-corrected chi connectivity index (χ0v) is 8.50. The Labute approximate surface area is 83.7 Å². The van der Waals surface area contributed by atoms with E-state index in [9.17, 15) is 5.11 Å². The summed E-state index contributed by atoms with van der Waals surface area (Å²) in [6.07, 6.45) is 0.955. The predicted octanol–water partition coefficient (Wildman–Crippen LogP) is 1.61. The molecule has 1 aliphatic heterocycles. The van der Waals surface area contributed by atoms with E-state index in [2.05, 4.69) is 12.2 Å². The van der Waals surface area contributed by atoms with Gasteiger partial charge in [-0.15, -0.1) is 0 Å². The van der Waals surface area contributed by atoms with Crippen LogP contribution in [-0.4, -0.2) is 18.8 Å². The van der Waals surface area contributed by atoms with E-state index >= 15 is 0 Å². The standard InChI is InChI=1S/C11H15NO2/c1-3-7-4-8(9-6-12-9)11(13)10(5-7)14-2/h4-5,9,12-13H,3,6H2,1-2H3/t9-/m1/s1. The first-order chi connectivity index (χ1) is 6.76. The third kappa shape index (κ3) is 1.55. The van der Waals surface area contributed by atoms with E-state index in [0.29, 0.717) is 11.8 Å². The van der Waals surface area contributed by atoms with Crippen LogP contribution >= 0.6 is 0 Å². The fourth-order valence-corrected chi connectivity index (χ4v) is 1.59. The lowest BCUT2D eigenvalue weighted by molar-refractivity contribution is 0.370. The van der Waals surface area contributed by atoms with E-state index in [1.165, 1.54) is 5.56 Å². The molecular weight excluding hydrogens is 178 g/mol. The average molecular weight is 193 g/mol. The van der Waals surface area contributed by atoms with Gasteiger partial charge < -0.3 is 15.2 Å². The van der Waals surface area contributed by atoms with Crippen LogP contribution in [0.25, 0.3) is 0 Å². The van der Waals surface area contributed by atoms with Crippen molar-refractivity contribution in [2.24, 2.45) is 0 Å². The summed E-state index contributed by atoms with van der Waals surface area (Å²) in [5.74, 6) is 0.854. The van der Waals surface area contributed by atoms with Crippen LogP contribution in [0.4, 0.5) is 0 Å². The number of rotatable bonds is 3. The van der Waals surface area contributed by atoms with Crippen molar-refractivity contribution in [1.29, 1.82) is 0 Å². The second kappa shape index (κ2) is 3.50. The second-order valence-electron chi connectivity index (χ2n) is 3.55. The van der Waals surface area contributed by atoms with Gasteiger partial charge >= 0.3 is 0 Å². The zero-order valence-electron chi connectivity index (χ0n) is 8.50. The number of hydrogen-bond acceptors (Lipinski definition) is 3. The Hall–Kier alpha value is -1.22. The van der Waals surface area contributed by atoms with Crippen molar-refractivity contribution in [3.05, 3.63) is 23.3 Å². The molecule has 0 unspecified atom stereocenters. The zero-order chi connectivity index (χ0) is 10.1. The Morgan fingerprint density at radius 3 is 2.79 bits per heavy atom. The van der Waals surface area contributed by atoms with Gasteiger partial charge in [-0.3, -0.25) is 0 Å². The quantitative estimate of drug-likeness (QED) is 0.717. The van der Waals surface area contributed by atoms with Gasteiger partial charge in [-0.2, -0.15) is 0 Å². The summed E-state index contributed by atoms with van der Waals surface area (Å²) in [6.45, 7) is 3.04. The maximum atomic E-state index is 9.85. The van der Waals surface area contributed by atoms with E-state index in [1.807, 2.05) is 12.1 Å². The fraction of sp³-hybridized carbons (Fsp3) is 0.455. The lowest BCUT2D eigenvalue weighted by Gasteiger charge is -2.10. The Morgan fingerprint density at radius 2 is 2.29 bits per heavy atom. The summed E-state index contributed by atoms with van der Waals surface area (Å²) in [5.41, 5.74) is 2.16. The number of nitrogens with one attached hydrogen (secondary N) is 1. The molecule has 1 aromatic rings. The topological polar surface area (TPSA) is 51.4 Å². The van der Waals surface area contributed by atoms with Crippen molar-refractivity contribution in [3.63, 3.8) is 0 Å².